The van der Waals surface area contributed by atoms with E-state index in [4.69, 9.17) is 0 Å². The minimum Gasteiger partial charge on any atom is -1.00 e. The van der Waals surface area contributed by atoms with Gasteiger partial charge >= 0.3 is 26.2 Å². The molecule has 168 valence electrons. The third-order valence-corrected chi connectivity index (χ3v) is 5.72. The third kappa shape index (κ3) is 5.93. The SMILES string of the molecule is C=C1[C-]=C(c2ccccc2)c2ccccc21.C=C1[C-]=C(c2ccccc2)c2ccccc21.[Cl-].[Cl-].[Zr+4]. The number of allylic oxidation sites excluding steroid dienone is 4. The fourth-order valence-corrected chi connectivity index (χ4v) is 4.16. The van der Waals surface area contributed by atoms with Crippen LogP contribution in [0.15, 0.2) is 122 Å². The fourth-order valence-electron chi connectivity index (χ4n) is 4.16. The van der Waals surface area contributed by atoms with E-state index in [2.05, 4.69) is 86.0 Å². The third-order valence-electron chi connectivity index (χ3n) is 5.72. The molecule has 0 N–H and O–H groups in total. The maximum absolute atomic E-state index is 4.04. The Bertz CT molecular complexity index is 1270. The van der Waals surface area contributed by atoms with Crippen molar-refractivity contribution in [3.05, 3.63) is 168 Å². The van der Waals surface area contributed by atoms with Crippen LogP contribution < -0.4 is 24.8 Å². The first-order valence-corrected chi connectivity index (χ1v) is 10.7. The standard InChI is InChI=1S/2C16H11.2ClH.Zr/c2*1-12-11-16(13-7-3-2-4-8-13)15-10-6-5-9-14(12)15;;;/h2*2-10H,1H2;2*1H;/q2*-1;;;+4/p-2. The van der Waals surface area contributed by atoms with Gasteiger partial charge in [0.25, 0.3) is 0 Å². The first kappa shape index (κ1) is 28.5. The quantitative estimate of drug-likeness (QED) is 0.325. The van der Waals surface area contributed by atoms with Gasteiger partial charge in [-0.2, -0.15) is 13.2 Å². The van der Waals surface area contributed by atoms with Crippen LogP contribution in [0.25, 0.3) is 22.3 Å². The monoisotopic (exact) mass is 566 g/mol. The topological polar surface area (TPSA) is 0 Å². The second kappa shape index (κ2) is 12.8. The Morgan fingerprint density at radius 2 is 0.686 bits per heavy atom. The van der Waals surface area contributed by atoms with Gasteiger partial charge in [0, 0.05) is 0 Å². The van der Waals surface area contributed by atoms with Crippen LogP contribution in [0, 0.1) is 12.2 Å². The zero-order chi connectivity index (χ0) is 21.9. The van der Waals surface area contributed by atoms with Crippen molar-refractivity contribution in [1.29, 1.82) is 0 Å². The number of hydrogen-bond acceptors (Lipinski definition) is 0. The molecule has 0 amide bonds. The van der Waals surface area contributed by atoms with Crippen molar-refractivity contribution in [3.63, 3.8) is 0 Å². The van der Waals surface area contributed by atoms with E-state index in [1.54, 1.807) is 0 Å². The molecule has 0 radical (unpaired) electrons. The van der Waals surface area contributed by atoms with Gasteiger partial charge in [0.05, 0.1) is 0 Å². The summed E-state index contributed by atoms with van der Waals surface area (Å²) in [6.45, 7) is 8.08. The molecular weight excluding hydrogens is 546 g/mol. The van der Waals surface area contributed by atoms with Gasteiger partial charge in [0.2, 0.25) is 0 Å². The molecular formula is C32H22Cl2Zr. The van der Waals surface area contributed by atoms with Crippen LogP contribution in [0.5, 0.6) is 0 Å². The molecule has 0 fully saturated rings. The van der Waals surface area contributed by atoms with Crippen molar-refractivity contribution in [3.8, 4) is 0 Å². The van der Waals surface area contributed by atoms with Crippen molar-refractivity contribution in [2.24, 2.45) is 0 Å². The summed E-state index contributed by atoms with van der Waals surface area (Å²) >= 11 is 0. The van der Waals surface area contributed by atoms with Crippen LogP contribution in [-0.4, -0.2) is 0 Å². The van der Waals surface area contributed by atoms with Gasteiger partial charge in [-0.25, -0.2) is 0 Å². The van der Waals surface area contributed by atoms with Crippen molar-refractivity contribution in [1.82, 2.24) is 0 Å². The zero-order valence-corrected chi connectivity index (χ0v) is 23.0. The predicted octanol–water partition coefficient (Wildman–Crippen LogP) is 1.90. The number of benzene rings is 4. The number of halogens is 2. The largest absolute Gasteiger partial charge is 4.00 e. The minimum atomic E-state index is 0. The van der Waals surface area contributed by atoms with Gasteiger partial charge in [-0.15, -0.1) is 56.7 Å². The van der Waals surface area contributed by atoms with E-state index in [1.165, 1.54) is 33.4 Å². The second-order valence-electron chi connectivity index (χ2n) is 7.78. The van der Waals surface area contributed by atoms with Crippen LogP contribution in [0.1, 0.15) is 33.4 Å². The van der Waals surface area contributed by atoms with E-state index < -0.39 is 0 Å². The van der Waals surface area contributed by atoms with E-state index in [0.29, 0.717) is 0 Å². The molecule has 0 spiro atoms. The Balaban J connectivity index is 0.000000227. The summed E-state index contributed by atoms with van der Waals surface area (Å²) in [7, 11) is 0. The van der Waals surface area contributed by atoms with Crippen LogP contribution in [0.3, 0.4) is 0 Å². The molecule has 0 unspecified atom stereocenters. The van der Waals surface area contributed by atoms with E-state index in [0.717, 1.165) is 22.3 Å². The molecule has 6 rings (SSSR count). The van der Waals surface area contributed by atoms with Crippen molar-refractivity contribution in [2.75, 3.05) is 0 Å². The van der Waals surface area contributed by atoms with E-state index >= 15 is 0 Å². The molecule has 0 aromatic heterocycles. The normalized spacial score (nSPS) is 12.3. The molecule has 0 bridgehead atoms. The molecule has 35 heavy (non-hydrogen) atoms. The summed E-state index contributed by atoms with van der Waals surface area (Å²) in [5.74, 6) is 0. The first-order chi connectivity index (χ1) is 15.7. The molecule has 2 aliphatic carbocycles. The number of fused-ring (bicyclic) bond motifs is 2. The molecule has 0 saturated carbocycles. The molecule has 0 atom stereocenters. The molecule has 0 aliphatic heterocycles. The van der Waals surface area contributed by atoms with Gasteiger partial charge in [0.15, 0.2) is 0 Å². The minimum absolute atomic E-state index is 0. The summed E-state index contributed by atoms with van der Waals surface area (Å²) in [6.07, 6.45) is 6.72. The molecule has 0 nitrogen and oxygen atoms in total. The molecule has 4 aromatic carbocycles. The van der Waals surface area contributed by atoms with Crippen LogP contribution in [0.4, 0.5) is 0 Å². The van der Waals surface area contributed by atoms with Crippen molar-refractivity contribution >= 4 is 22.3 Å². The van der Waals surface area contributed by atoms with Crippen molar-refractivity contribution in [2.45, 2.75) is 0 Å². The van der Waals surface area contributed by atoms with E-state index in [-0.39, 0.29) is 51.0 Å². The Morgan fingerprint density at radius 1 is 0.400 bits per heavy atom. The number of rotatable bonds is 2. The van der Waals surface area contributed by atoms with Crippen LogP contribution in [-0.2, 0) is 26.2 Å². The maximum atomic E-state index is 4.04. The van der Waals surface area contributed by atoms with Crippen molar-refractivity contribution < 1.29 is 51.0 Å². The van der Waals surface area contributed by atoms with E-state index in [1.807, 2.05) is 48.5 Å². The molecule has 3 heteroatoms. The fraction of sp³-hybridized carbons (Fsp3) is 0. The van der Waals surface area contributed by atoms with Crippen LogP contribution in [0.2, 0.25) is 0 Å². The number of hydrogen-bond donors (Lipinski definition) is 0. The summed E-state index contributed by atoms with van der Waals surface area (Å²) in [6, 6.07) is 37.3. The maximum Gasteiger partial charge on any atom is 4.00 e. The summed E-state index contributed by atoms with van der Waals surface area (Å²) < 4.78 is 0. The molecule has 0 heterocycles. The molecule has 2 aliphatic rings. The Morgan fingerprint density at radius 3 is 1.03 bits per heavy atom. The zero-order valence-electron chi connectivity index (χ0n) is 19.1. The Labute approximate surface area is 239 Å². The molecule has 0 saturated heterocycles. The Kier molecular flexibility index (Phi) is 10.5. The van der Waals surface area contributed by atoms with Crippen LogP contribution >= 0.6 is 0 Å². The first-order valence-electron chi connectivity index (χ1n) is 10.7. The van der Waals surface area contributed by atoms with Gasteiger partial charge in [-0.3, -0.25) is 0 Å². The predicted molar refractivity (Wildman–Crippen MR) is 135 cm³/mol. The molecule has 4 aromatic rings. The smallest absolute Gasteiger partial charge is 1.00 e. The van der Waals surface area contributed by atoms with Gasteiger partial charge in [-0.1, -0.05) is 120 Å². The average Bonchev–Trinajstić information content (AvgIpc) is 3.38. The van der Waals surface area contributed by atoms with E-state index in [9.17, 15) is 0 Å². The second-order valence-corrected chi connectivity index (χ2v) is 7.78. The Hall–Kier alpha value is -2.70. The van der Waals surface area contributed by atoms with Gasteiger partial charge < -0.3 is 24.8 Å². The summed E-state index contributed by atoms with van der Waals surface area (Å²) in [5.41, 5.74) is 11.5. The average molecular weight is 569 g/mol. The summed E-state index contributed by atoms with van der Waals surface area (Å²) in [5, 5.41) is 0. The summed E-state index contributed by atoms with van der Waals surface area (Å²) in [4.78, 5) is 0. The van der Waals surface area contributed by atoms with Gasteiger partial charge in [-0.05, 0) is 0 Å². The van der Waals surface area contributed by atoms with Gasteiger partial charge in [0.1, 0.15) is 0 Å².